The third-order valence-electron chi connectivity index (χ3n) is 6.37. The van der Waals surface area contributed by atoms with Gasteiger partial charge in [-0.15, -0.1) is 0 Å². The van der Waals surface area contributed by atoms with Gasteiger partial charge in [-0.2, -0.15) is 0 Å². The molecule has 1 heteroatoms. The summed E-state index contributed by atoms with van der Waals surface area (Å²) in [6.07, 6.45) is 4.41. The second-order valence-electron chi connectivity index (χ2n) is 8.49. The Kier molecular flexibility index (Phi) is 4.21. The van der Waals surface area contributed by atoms with Gasteiger partial charge in [0.1, 0.15) is 0 Å². The summed E-state index contributed by atoms with van der Waals surface area (Å²) in [4.78, 5) is 4.77. The van der Waals surface area contributed by atoms with Crippen molar-refractivity contribution in [3.05, 3.63) is 109 Å². The lowest BCUT2D eigenvalue weighted by molar-refractivity contribution is 0.734. The third kappa shape index (κ3) is 3.05. The molecular formula is C30H23N. The maximum atomic E-state index is 4.77. The molecule has 1 heterocycles. The molecule has 0 aromatic heterocycles. The van der Waals surface area contributed by atoms with Gasteiger partial charge in [-0.25, -0.2) is 0 Å². The van der Waals surface area contributed by atoms with Gasteiger partial charge in [-0.1, -0.05) is 91.9 Å². The van der Waals surface area contributed by atoms with Gasteiger partial charge in [0.2, 0.25) is 0 Å². The maximum absolute atomic E-state index is 4.77. The van der Waals surface area contributed by atoms with E-state index in [9.17, 15) is 0 Å². The van der Waals surface area contributed by atoms with E-state index < -0.39 is 0 Å². The van der Waals surface area contributed by atoms with E-state index in [1.54, 1.807) is 0 Å². The second kappa shape index (κ2) is 7.21. The first-order valence-electron chi connectivity index (χ1n) is 10.9. The molecule has 31 heavy (non-hydrogen) atoms. The van der Waals surface area contributed by atoms with Gasteiger partial charge in [0, 0.05) is 12.1 Å². The van der Waals surface area contributed by atoms with Crippen molar-refractivity contribution in [2.45, 2.75) is 6.92 Å². The molecule has 1 aliphatic heterocycles. The Morgan fingerprint density at radius 3 is 1.81 bits per heavy atom. The highest BCUT2D eigenvalue weighted by Gasteiger charge is 2.11. The van der Waals surface area contributed by atoms with Crippen LogP contribution >= 0.6 is 0 Å². The van der Waals surface area contributed by atoms with Crippen molar-refractivity contribution in [1.29, 1.82) is 0 Å². The number of rotatable bonds is 2. The van der Waals surface area contributed by atoms with Crippen LogP contribution in [-0.4, -0.2) is 12.3 Å². The first-order valence-corrected chi connectivity index (χ1v) is 10.9. The molecule has 5 aromatic rings. The monoisotopic (exact) mass is 397 g/mol. The number of nitrogens with zero attached hydrogens (tertiary/aromatic N) is 1. The molecule has 0 spiro atoms. The summed E-state index contributed by atoms with van der Waals surface area (Å²) in [6, 6.07) is 33.1. The SMILES string of the molecule is CC1C=CC(c2cccc(-c3ccc4c5ccccc5c5ccccc5c4c3)c2)=NC1. The summed E-state index contributed by atoms with van der Waals surface area (Å²) >= 11 is 0. The van der Waals surface area contributed by atoms with Crippen LogP contribution in [0.4, 0.5) is 0 Å². The molecular weight excluding hydrogens is 374 g/mol. The molecule has 0 saturated heterocycles. The quantitative estimate of drug-likeness (QED) is 0.269. The zero-order valence-corrected chi connectivity index (χ0v) is 17.5. The summed E-state index contributed by atoms with van der Waals surface area (Å²) < 4.78 is 0. The Bertz CT molecular complexity index is 1490. The first-order chi connectivity index (χ1) is 15.3. The van der Waals surface area contributed by atoms with E-state index in [1.807, 2.05) is 0 Å². The Hall–Kier alpha value is -3.71. The second-order valence-corrected chi connectivity index (χ2v) is 8.49. The average molecular weight is 398 g/mol. The van der Waals surface area contributed by atoms with Crippen LogP contribution in [0.5, 0.6) is 0 Å². The zero-order valence-electron chi connectivity index (χ0n) is 17.5. The van der Waals surface area contributed by atoms with E-state index in [2.05, 4.69) is 110 Å². The van der Waals surface area contributed by atoms with E-state index in [0.29, 0.717) is 5.92 Å². The van der Waals surface area contributed by atoms with Gasteiger partial charge < -0.3 is 0 Å². The van der Waals surface area contributed by atoms with Gasteiger partial charge in [-0.3, -0.25) is 4.99 Å². The minimum Gasteiger partial charge on any atom is -0.284 e. The van der Waals surface area contributed by atoms with E-state index in [1.165, 1.54) is 49.0 Å². The fourth-order valence-corrected chi connectivity index (χ4v) is 4.74. The van der Waals surface area contributed by atoms with Crippen LogP contribution in [-0.2, 0) is 0 Å². The molecule has 1 nitrogen and oxygen atoms in total. The number of benzene rings is 5. The van der Waals surface area contributed by atoms with Crippen LogP contribution in [0.2, 0.25) is 0 Å². The Morgan fingerprint density at radius 1 is 0.581 bits per heavy atom. The smallest absolute Gasteiger partial charge is 0.0643 e. The number of allylic oxidation sites excluding steroid dienone is 1. The first kappa shape index (κ1) is 18.1. The minimum absolute atomic E-state index is 0.524. The van der Waals surface area contributed by atoms with E-state index >= 15 is 0 Å². The van der Waals surface area contributed by atoms with Crippen molar-refractivity contribution >= 4 is 38.0 Å². The van der Waals surface area contributed by atoms with Crippen molar-refractivity contribution in [1.82, 2.24) is 0 Å². The number of hydrogen-bond donors (Lipinski definition) is 0. The van der Waals surface area contributed by atoms with Crippen molar-refractivity contribution < 1.29 is 0 Å². The molecule has 0 N–H and O–H groups in total. The summed E-state index contributed by atoms with van der Waals surface area (Å²) in [5.41, 5.74) is 4.73. The van der Waals surface area contributed by atoms with Crippen molar-refractivity contribution in [2.75, 3.05) is 6.54 Å². The number of fused-ring (bicyclic) bond motifs is 6. The lowest BCUT2D eigenvalue weighted by Gasteiger charge is -2.14. The molecule has 0 saturated carbocycles. The van der Waals surface area contributed by atoms with Crippen LogP contribution in [0.1, 0.15) is 12.5 Å². The molecule has 0 aliphatic carbocycles. The topological polar surface area (TPSA) is 12.4 Å². The predicted octanol–water partition coefficient (Wildman–Crippen LogP) is 7.81. The molecule has 1 aliphatic rings. The number of hydrogen-bond acceptors (Lipinski definition) is 1. The largest absolute Gasteiger partial charge is 0.284 e. The summed E-state index contributed by atoms with van der Waals surface area (Å²) in [6.45, 7) is 3.07. The predicted molar refractivity (Wildman–Crippen MR) is 134 cm³/mol. The highest BCUT2D eigenvalue weighted by atomic mass is 14.7. The van der Waals surface area contributed by atoms with Crippen LogP contribution in [0.15, 0.2) is 108 Å². The minimum atomic E-state index is 0.524. The van der Waals surface area contributed by atoms with Gasteiger partial charge in [0.15, 0.2) is 0 Å². The standard InChI is InChI=1S/C30H23N/c1-20-13-16-30(31-19-20)23-8-6-7-21(17-23)22-14-15-28-26-11-3-2-9-24(26)25-10-4-5-12-27(25)29(28)18-22/h2-18,20H,19H2,1H3. The number of dihydropyridines is 1. The van der Waals surface area contributed by atoms with Crippen molar-refractivity contribution in [3.63, 3.8) is 0 Å². The molecule has 6 rings (SSSR count). The van der Waals surface area contributed by atoms with E-state index in [4.69, 9.17) is 4.99 Å². The molecule has 0 bridgehead atoms. The van der Waals surface area contributed by atoms with Gasteiger partial charge >= 0.3 is 0 Å². The van der Waals surface area contributed by atoms with Gasteiger partial charge in [0.05, 0.1) is 5.71 Å². The highest BCUT2D eigenvalue weighted by molar-refractivity contribution is 6.25. The zero-order chi connectivity index (χ0) is 20.8. The van der Waals surface area contributed by atoms with Crippen LogP contribution in [0, 0.1) is 5.92 Å². The molecule has 1 unspecified atom stereocenters. The van der Waals surface area contributed by atoms with Gasteiger partial charge in [-0.05, 0) is 67.6 Å². The lowest BCUT2D eigenvalue weighted by Crippen LogP contribution is -2.08. The molecule has 1 atom stereocenters. The number of aliphatic imine (C=N–C) groups is 1. The molecule has 148 valence electrons. The molecule has 0 radical (unpaired) electrons. The van der Waals surface area contributed by atoms with Crippen LogP contribution in [0.3, 0.4) is 0 Å². The van der Waals surface area contributed by atoms with Crippen LogP contribution < -0.4 is 0 Å². The fourth-order valence-electron chi connectivity index (χ4n) is 4.74. The van der Waals surface area contributed by atoms with Crippen molar-refractivity contribution in [3.8, 4) is 11.1 Å². The normalized spacial score (nSPS) is 16.2. The summed E-state index contributed by atoms with van der Waals surface area (Å²) in [7, 11) is 0. The Morgan fingerprint density at radius 2 is 1.16 bits per heavy atom. The van der Waals surface area contributed by atoms with Crippen LogP contribution in [0.25, 0.3) is 43.4 Å². The van der Waals surface area contributed by atoms with E-state index in [-0.39, 0.29) is 0 Å². The average Bonchev–Trinajstić information content (AvgIpc) is 2.84. The fraction of sp³-hybridized carbons (Fsp3) is 0.100. The molecule has 0 amide bonds. The summed E-state index contributed by atoms with van der Waals surface area (Å²) in [5.74, 6) is 0.524. The van der Waals surface area contributed by atoms with Crippen molar-refractivity contribution in [2.24, 2.45) is 10.9 Å². The maximum Gasteiger partial charge on any atom is 0.0643 e. The Balaban J connectivity index is 1.56. The molecule has 5 aromatic carbocycles. The van der Waals surface area contributed by atoms with Gasteiger partial charge in [0.25, 0.3) is 0 Å². The van der Waals surface area contributed by atoms with E-state index in [0.717, 1.165) is 12.3 Å². The Labute approximate surface area is 182 Å². The highest BCUT2D eigenvalue weighted by Crippen LogP contribution is 2.37. The molecule has 0 fully saturated rings. The third-order valence-corrected chi connectivity index (χ3v) is 6.37. The lowest BCUT2D eigenvalue weighted by atomic mass is 9.91. The summed E-state index contributed by atoms with van der Waals surface area (Å²) in [5, 5.41) is 7.86.